The van der Waals surface area contributed by atoms with Crippen molar-refractivity contribution in [3.05, 3.63) is 56.1 Å². The predicted octanol–water partition coefficient (Wildman–Crippen LogP) is 1.22. The molecular formula is C18H21N3O4S2. The standard InChI is InChI=1S/C18H21N3O4S2/c1-27(24,25)20-9-12-7-13(11-20)16-5-4-15(18(23)21(16)10-12)17(22)19-8-14-3-2-6-26-14/h2-6,12-13H,7-11H2,1H3,(H,19,22)/t12-,13+/m0/s1. The van der Waals surface area contributed by atoms with Gasteiger partial charge in [0.05, 0.1) is 12.8 Å². The molecule has 0 saturated carbocycles. The second-order valence-electron chi connectivity index (χ2n) is 7.23. The lowest BCUT2D eigenvalue weighted by atomic mass is 9.84. The van der Waals surface area contributed by atoms with Crippen LogP contribution in [0, 0.1) is 5.92 Å². The summed E-state index contributed by atoms with van der Waals surface area (Å²) >= 11 is 1.55. The molecule has 1 amide bonds. The largest absolute Gasteiger partial charge is 0.347 e. The van der Waals surface area contributed by atoms with E-state index >= 15 is 0 Å². The number of nitrogens with zero attached hydrogens (tertiary/aromatic N) is 2. The lowest BCUT2D eigenvalue weighted by molar-refractivity contribution is 0.0948. The Morgan fingerprint density at radius 1 is 1.26 bits per heavy atom. The molecule has 2 aromatic rings. The van der Waals surface area contributed by atoms with Crippen molar-refractivity contribution in [2.75, 3.05) is 19.3 Å². The third-order valence-corrected chi connectivity index (χ3v) is 7.40. The van der Waals surface area contributed by atoms with Crippen LogP contribution in [-0.2, 0) is 23.1 Å². The first kappa shape index (κ1) is 18.4. The van der Waals surface area contributed by atoms with E-state index in [1.165, 1.54) is 10.6 Å². The van der Waals surface area contributed by atoms with E-state index in [1.807, 2.05) is 17.5 Å². The molecule has 0 unspecified atom stereocenters. The average molecular weight is 408 g/mol. The molecule has 0 aliphatic carbocycles. The number of carbonyl (C=O) groups excluding carboxylic acids is 1. The summed E-state index contributed by atoms with van der Waals surface area (Å²) in [5.74, 6) is -0.298. The molecule has 27 heavy (non-hydrogen) atoms. The maximum absolute atomic E-state index is 12.9. The minimum absolute atomic E-state index is 0.0110. The molecule has 2 aromatic heterocycles. The molecule has 1 N–H and O–H groups in total. The Balaban J connectivity index is 1.59. The zero-order valence-corrected chi connectivity index (χ0v) is 16.6. The number of piperidine rings is 1. The van der Waals surface area contributed by atoms with Crippen molar-refractivity contribution in [3.8, 4) is 0 Å². The van der Waals surface area contributed by atoms with E-state index in [0.29, 0.717) is 26.2 Å². The highest BCUT2D eigenvalue weighted by molar-refractivity contribution is 7.88. The van der Waals surface area contributed by atoms with Gasteiger partial charge in [-0.25, -0.2) is 12.7 Å². The fourth-order valence-electron chi connectivity index (χ4n) is 4.02. The molecule has 2 aliphatic heterocycles. The normalized spacial score (nSPS) is 22.3. The summed E-state index contributed by atoms with van der Waals surface area (Å²) in [6.07, 6.45) is 2.09. The lowest BCUT2D eigenvalue weighted by Gasteiger charge is -2.41. The maximum atomic E-state index is 12.9. The van der Waals surface area contributed by atoms with Gasteiger partial charge in [0.2, 0.25) is 10.0 Å². The number of rotatable bonds is 4. The molecule has 0 aromatic carbocycles. The second kappa shape index (κ2) is 6.88. The molecule has 2 aliphatic rings. The van der Waals surface area contributed by atoms with Gasteiger partial charge in [0, 0.05) is 36.1 Å². The Labute approximate surface area is 161 Å². The Morgan fingerprint density at radius 3 is 2.78 bits per heavy atom. The van der Waals surface area contributed by atoms with Crippen LogP contribution in [0.4, 0.5) is 0 Å². The molecule has 0 radical (unpaired) electrons. The number of fused-ring (bicyclic) bond motifs is 4. The molecule has 144 valence electrons. The monoisotopic (exact) mass is 407 g/mol. The lowest BCUT2D eigenvalue weighted by Crippen LogP contribution is -2.49. The first-order valence-corrected chi connectivity index (χ1v) is 11.5. The van der Waals surface area contributed by atoms with E-state index < -0.39 is 10.0 Å². The molecule has 1 saturated heterocycles. The summed E-state index contributed by atoms with van der Waals surface area (Å²) in [5.41, 5.74) is 0.661. The number of carbonyl (C=O) groups is 1. The van der Waals surface area contributed by atoms with E-state index in [-0.39, 0.29) is 28.9 Å². The van der Waals surface area contributed by atoms with Gasteiger partial charge in [-0.1, -0.05) is 6.07 Å². The fraction of sp³-hybridized carbons (Fsp3) is 0.444. The van der Waals surface area contributed by atoms with Crippen molar-refractivity contribution in [2.24, 2.45) is 5.92 Å². The van der Waals surface area contributed by atoms with Gasteiger partial charge >= 0.3 is 0 Å². The number of aromatic nitrogens is 1. The van der Waals surface area contributed by atoms with Gasteiger partial charge in [-0.2, -0.15) is 0 Å². The molecule has 0 spiro atoms. The third kappa shape index (κ3) is 3.59. The van der Waals surface area contributed by atoms with Crippen molar-refractivity contribution < 1.29 is 13.2 Å². The summed E-state index contributed by atoms with van der Waals surface area (Å²) in [4.78, 5) is 26.4. The molecule has 1 fully saturated rings. The topological polar surface area (TPSA) is 88.5 Å². The quantitative estimate of drug-likeness (QED) is 0.825. The van der Waals surface area contributed by atoms with Crippen LogP contribution in [0.25, 0.3) is 0 Å². The third-order valence-electron chi connectivity index (χ3n) is 5.29. The Hall–Kier alpha value is -1.97. The number of pyridine rings is 1. The van der Waals surface area contributed by atoms with Crippen molar-refractivity contribution in [2.45, 2.75) is 25.4 Å². The summed E-state index contributed by atoms with van der Waals surface area (Å²) in [6, 6.07) is 7.21. The van der Waals surface area contributed by atoms with Crippen LogP contribution in [0.15, 0.2) is 34.4 Å². The smallest absolute Gasteiger partial charge is 0.263 e. The van der Waals surface area contributed by atoms with Crippen LogP contribution in [0.1, 0.15) is 33.3 Å². The van der Waals surface area contributed by atoms with Gasteiger partial charge in [-0.05, 0) is 35.9 Å². The first-order chi connectivity index (χ1) is 12.8. The summed E-state index contributed by atoms with van der Waals surface area (Å²) in [5, 5.41) is 4.74. The van der Waals surface area contributed by atoms with Crippen LogP contribution in [0.2, 0.25) is 0 Å². The maximum Gasteiger partial charge on any atom is 0.263 e. The molecule has 9 heteroatoms. The highest BCUT2D eigenvalue weighted by Crippen LogP contribution is 2.35. The van der Waals surface area contributed by atoms with Crippen molar-refractivity contribution >= 4 is 27.3 Å². The number of nitrogens with one attached hydrogen (secondary N) is 1. The Kier molecular flexibility index (Phi) is 4.69. The van der Waals surface area contributed by atoms with Crippen LogP contribution in [0.5, 0.6) is 0 Å². The molecule has 2 atom stereocenters. The highest BCUT2D eigenvalue weighted by atomic mass is 32.2. The molecule has 7 nitrogen and oxygen atoms in total. The zero-order valence-electron chi connectivity index (χ0n) is 14.9. The first-order valence-electron chi connectivity index (χ1n) is 8.82. The van der Waals surface area contributed by atoms with Gasteiger partial charge in [0.1, 0.15) is 5.56 Å². The Morgan fingerprint density at radius 2 is 2.07 bits per heavy atom. The van der Waals surface area contributed by atoms with Crippen molar-refractivity contribution in [3.63, 3.8) is 0 Å². The number of hydrogen-bond donors (Lipinski definition) is 1. The van der Waals surface area contributed by atoms with Gasteiger partial charge < -0.3 is 9.88 Å². The van der Waals surface area contributed by atoms with E-state index in [4.69, 9.17) is 0 Å². The van der Waals surface area contributed by atoms with E-state index in [2.05, 4.69) is 5.32 Å². The van der Waals surface area contributed by atoms with Crippen LogP contribution in [-0.4, -0.2) is 42.5 Å². The van der Waals surface area contributed by atoms with Crippen LogP contribution in [0.3, 0.4) is 0 Å². The van der Waals surface area contributed by atoms with E-state index in [9.17, 15) is 18.0 Å². The van der Waals surface area contributed by atoms with Gasteiger partial charge in [0.15, 0.2) is 0 Å². The van der Waals surface area contributed by atoms with Crippen LogP contribution >= 0.6 is 11.3 Å². The number of hydrogen-bond acceptors (Lipinski definition) is 5. The van der Waals surface area contributed by atoms with E-state index in [1.54, 1.807) is 28.0 Å². The van der Waals surface area contributed by atoms with Crippen LogP contribution < -0.4 is 10.9 Å². The fourth-order valence-corrected chi connectivity index (χ4v) is 5.60. The minimum Gasteiger partial charge on any atom is -0.347 e. The predicted molar refractivity (Wildman–Crippen MR) is 103 cm³/mol. The number of thiophene rings is 1. The van der Waals surface area contributed by atoms with Crippen molar-refractivity contribution in [1.82, 2.24) is 14.2 Å². The molecule has 4 heterocycles. The zero-order chi connectivity index (χ0) is 19.2. The summed E-state index contributed by atoms with van der Waals surface area (Å²) in [7, 11) is -3.25. The van der Waals surface area contributed by atoms with Gasteiger partial charge in [0.25, 0.3) is 11.5 Å². The molecule has 4 rings (SSSR count). The van der Waals surface area contributed by atoms with Gasteiger partial charge in [-0.15, -0.1) is 11.3 Å². The van der Waals surface area contributed by atoms with Crippen molar-refractivity contribution in [1.29, 1.82) is 0 Å². The molecular weight excluding hydrogens is 386 g/mol. The van der Waals surface area contributed by atoms with E-state index in [0.717, 1.165) is 17.0 Å². The summed E-state index contributed by atoms with van der Waals surface area (Å²) in [6.45, 7) is 1.66. The average Bonchev–Trinajstić information content (AvgIpc) is 3.13. The SMILES string of the molecule is CS(=O)(=O)N1C[C@@H]2C[C@H](C1)c1ccc(C(=O)NCc3cccs3)c(=O)n1C2. The highest BCUT2D eigenvalue weighted by Gasteiger charge is 2.38. The molecule has 2 bridgehead atoms. The number of sulfonamides is 1. The summed E-state index contributed by atoms with van der Waals surface area (Å²) < 4.78 is 27.0. The van der Waals surface area contributed by atoms with Gasteiger partial charge in [-0.3, -0.25) is 9.59 Å². The number of amides is 1. The minimum atomic E-state index is -3.25. The second-order valence-corrected chi connectivity index (χ2v) is 10.2. The Bertz CT molecular complexity index is 1030.